The second kappa shape index (κ2) is 12.0. The maximum Gasteiger partial charge on any atom is 1.00 e. The standard InChI is InChI=1S/C24H28N2O6S2.Na/c1-3-26-22-14-13-20(34(30,31)32)18-21(22)24(2,15-9-17-33(27,28)29)23(26)12-7-8-16-25-19-10-5-4-6-11-19;/h4-8,10-14,16,18H,3,9,15,17H2,1-2H3,(H2,27,28,29,30,31,32);/q;+1/p+1. The minimum absolute atomic E-state index is 0. The Hall–Kier alpha value is -1.79. The maximum absolute atomic E-state index is 11.8. The number of allylic oxidation sites excluding steroid dienone is 3. The molecule has 11 heteroatoms. The molecule has 2 aromatic rings. The van der Waals surface area contributed by atoms with Crippen LogP contribution in [0.4, 0.5) is 11.4 Å². The Morgan fingerprint density at radius 2 is 1.71 bits per heavy atom. The molecule has 0 bridgehead atoms. The number of benzene rings is 2. The quantitative estimate of drug-likeness (QED) is 0.183. The van der Waals surface area contributed by atoms with Gasteiger partial charge in [0.25, 0.3) is 20.2 Å². The van der Waals surface area contributed by atoms with Crippen molar-refractivity contribution in [1.29, 1.82) is 0 Å². The van der Waals surface area contributed by atoms with Crippen LogP contribution in [-0.4, -0.2) is 48.5 Å². The number of nitrogens with zero attached hydrogens (tertiary/aromatic N) is 1. The number of anilines is 1. The third-order valence-electron chi connectivity index (χ3n) is 5.89. The minimum atomic E-state index is -4.41. The average molecular weight is 529 g/mol. The van der Waals surface area contributed by atoms with Gasteiger partial charge in [-0.15, -0.1) is 0 Å². The van der Waals surface area contributed by atoms with Crippen molar-refractivity contribution in [3.8, 4) is 0 Å². The Labute approximate surface area is 229 Å². The topological polar surface area (TPSA) is 124 Å². The van der Waals surface area contributed by atoms with Crippen molar-refractivity contribution >= 4 is 37.3 Å². The largest absolute Gasteiger partial charge is 1.00 e. The Morgan fingerprint density at radius 1 is 1.03 bits per heavy atom. The zero-order valence-electron chi connectivity index (χ0n) is 20.0. The van der Waals surface area contributed by atoms with Crippen LogP contribution < -0.4 is 34.9 Å². The van der Waals surface area contributed by atoms with E-state index in [9.17, 15) is 25.9 Å². The van der Waals surface area contributed by atoms with Crippen LogP contribution in [0.3, 0.4) is 0 Å². The van der Waals surface area contributed by atoms with Gasteiger partial charge in [-0.1, -0.05) is 24.3 Å². The van der Waals surface area contributed by atoms with Crippen LogP contribution in [0.2, 0.25) is 0 Å². The molecule has 0 radical (unpaired) electrons. The van der Waals surface area contributed by atoms with Gasteiger partial charge in [0, 0.05) is 29.6 Å². The van der Waals surface area contributed by atoms with Crippen LogP contribution in [0.1, 0.15) is 32.3 Å². The fourth-order valence-electron chi connectivity index (χ4n) is 4.28. The molecule has 8 nitrogen and oxygen atoms in total. The normalized spacial score (nSPS) is 18.2. The van der Waals surface area contributed by atoms with Crippen LogP contribution in [0.15, 0.2) is 77.9 Å². The number of para-hydroxylation sites is 1. The molecule has 0 spiro atoms. The van der Waals surface area contributed by atoms with Gasteiger partial charge in [0.2, 0.25) is 5.69 Å². The van der Waals surface area contributed by atoms with Gasteiger partial charge in [-0.2, -0.15) is 21.4 Å². The summed E-state index contributed by atoms with van der Waals surface area (Å²) in [6.45, 7) is 4.47. The molecule has 1 unspecified atom stereocenters. The zero-order chi connectivity index (χ0) is 25.0. The molecule has 0 saturated heterocycles. The smallest absolute Gasteiger partial charge is 0.362 e. The summed E-state index contributed by atoms with van der Waals surface area (Å²) in [4.78, 5) is -0.222. The van der Waals surface area contributed by atoms with Crippen LogP contribution in [-0.2, 0) is 25.7 Å². The second-order valence-corrected chi connectivity index (χ2v) is 11.2. The van der Waals surface area contributed by atoms with Gasteiger partial charge >= 0.3 is 29.6 Å². The SMILES string of the molecule is CC[N+]1=C(C=CC=CNc2ccccc2)C(C)(CCCS(=O)(=O)O)c2cc(S(=O)(=O)O)ccc21.[Na+]. The summed E-state index contributed by atoms with van der Waals surface area (Å²) in [5.41, 5.74) is 2.52. The molecular formula is C24H29N2NaO6S2+2. The number of rotatable bonds is 10. The molecule has 1 atom stereocenters. The number of nitrogens with one attached hydrogen (secondary N) is 1. The maximum atomic E-state index is 11.8. The van der Waals surface area contributed by atoms with Crippen molar-refractivity contribution < 1.29 is 60.1 Å². The summed E-state index contributed by atoms with van der Waals surface area (Å²) in [7, 11) is -8.55. The molecule has 2 aromatic carbocycles. The Morgan fingerprint density at radius 3 is 2.31 bits per heavy atom. The van der Waals surface area contributed by atoms with E-state index in [-0.39, 0.29) is 40.9 Å². The van der Waals surface area contributed by atoms with Crippen molar-refractivity contribution in [2.75, 3.05) is 17.6 Å². The first kappa shape index (κ1) is 29.4. The monoisotopic (exact) mass is 528 g/mol. The number of fused-ring (bicyclic) bond motifs is 1. The van der Waals surface area contributed by atoms with E-state index in [1.807, 2.05) is 67.0 Å². The van der Waals surface area contributed by atoms with Crippen molar-refractivity contribution in [3.63, 3.8) is 0 Å². The molecule has 0 aromatic heterocycles. The fourth-order valence-corrected chi connectivity index (χ4v) is 5.30. The summed E-state index contributed by atoms with van der Waals surface area (Å²) in [5, 5.41) is 3.16. The van der Waals surface area contributed by atoms with Crippen LogP contribution in [0, 0.1) is 0 Å². The van der Waals surface area contributed by atoms with E-state index in [4.69, 9.17) is 0 Å². The second-order valence-electron chi connectivity index (χ2n) is 8.23. The summed E-state index contributed by atoms with van der Waals surface area (Å²) in [6, 6.07) is 14.1. The van der Waals surface area contributed by atoms with Gasteiger partial charge in [0.05, 0.1) is 16.1 Å². The van der Waals surface area contributed by atoms with Gasteiger partial charge in [-0.05, 0) is 57.0 Å². The minimum Gasteiger partial charge on any atom is -0.362 e. The average Bonchev–Trinajstić information content (AvgIpc) is 3.00. The van der Waals surface area contributed by atoms with Crippen LogP contribution in [0.5, 0.6) is 0 Å². The first-order valence-electron chi connectivity index (χ1n) is 10.8. The molecular weight excluding hydrogens is 499 g/mol. The molecule has 0 aliphatic carbocycles. The Balaban J connectivity index is 0.00000432. The summed E-state index contributed by atoms with van der Waals surface area (Å²) in [6.07, 6.45) is 7.90. The molecule has 0 fully saturated rings. The molecule has 0 saturated carbocycles. The van der Waals surface area contributed by atoms with Gasteiger partial charge < -0.3 is 5.32 Å². The van der Waals surface area contributed by atoms with Crippen molar-refractivity contribution in [2.24, 2.45) is 0 Å². The first-order valence-corrected chi connectivity index (χ1v) is 13.9. The number of hydrogen-bond acceptors (Lipinski definition) is 5. The van der Waals surface area contributed by atoms with E-state index in [0.717, 1.165) is 17.1 Å². The summed E-state index contributed by atoms with van der Waals surface area (Å²) < 4.78 is 66.9. The van der Waals surface area contributed by atoms with E-state index in [2.05, 4.69) is 5.32 Å². The van der Waals surface area contributed by atoms with Crippen molar-refractivity contribution in [3.05, 3.63) is 78.5 Å². The molecule has 1 aliphatic rings. The summed E-state index contributed by atoms with van der Waals surface area (Å²) in [5.74, 6) is -0.403. The third-order valence-corrected chi connectivity index (χ3v) is 7.54. The molecule has 3 N–H and O–H groups in total. The van der Waals surface area contributed by atoms with E-state index in [1.165, 1.54) is 12.1 Å². The van der Waals surface area contributed by atoms with E-state index < -0.39 is 31.4 Å². The fraction of sp³-hybridized carbons (Fsp3) is 0.292. The number of hydrogen-bond donors (Lipinski definition) is 3. The van der Waals surface area contributed by atoms with Crippen molar-refractivity contribution in [1.82, 2.24) is 0 Å². The van der Waals surface area contributed by atoms with Crippen LogP contribution in [0.25, 0.3) is 0 Å². The van der Waals surface area contributed by atoms with Crippen molar-refractivity contribution in [2.45, 2.75) is 37.0 Å². The van der Waals surface area contributed by atoms with E-state index in [0.29, 0.717) is 18.5 Å². The molecule has 1 heterocycles. The van der Waals surface area contributed by atoms with Gasteiger partial charge in [-0.25, -0.2) is 0 Å². The molecule has 0 amide bonds. The third kappa shape index (κ3) is 7.36. The Bertz CT molecular complexity index is 1350. The predicted molar refractivity (Wildman–Crippen MR) is 133 cm³/mol. The molecule has 3 rings (SSSR count). The van der Waals surface area contributed by atoms with E-state index in [1.54, 1.807) is 12.3 Å². The van der Waals surface area contributed by atoms with E-state index >= 15 is 0 Å². The van der Waals surface area contributed by atoms with Gasteiger partial charge in [0.15, 0.2) is 5.71 Å². The summed E-state index contributed by atoms with van der Waals surface area (Å²) >= 11 is 0. The zero-order valence-corrected chi connectivity index (χ0v) is 23.7. The first-order chi connectivity index (χ1) is 16.0. The predicted octanol–water partition coefficient (Wildman–Crippen LogP) is 1.16. The van der Waals surface area contributed by atoms with Gasteiger partial charge in [-0.3, -0.25) is 9.11 Å². The molecule has 182 valence electrons. The Kier molecular flexibility index (Phi) is 10.1. The van der Waals surface area contributed by atoms with Gasteiger partial charge in [0.1, 0.15) is 6.54 Å². The molecule has 1 aliphatic heterocycles. The molecule has 35 heavy (non-hydrogen) atoms. The van der Waals surface area contributed by atoms with Crippen LogP contribution >= 0.6 is 0 Å².